The van der Waals surface area contributed by atoms with Crippen LogP contribution in [0.4, 0.5) is 0 Å². The predicted molar refractivity (Wildman–Crippen MR) is 46.2 cm³/mol. The van der Waals surface area contributed by atoms with E-state index in [-0.39, 0.29) is 6.04 Å². The van der Waals surface area contributed by atoms with Gasteiger partial charge < -0.3 is 5.32 Å². The summed E-state index contributed by atoms with van der Waals surface area (Å²) in [5.74, 6) is 0. The van der Waals surface area contributed by atoms with E-state index in [0.29, 0.717) is 0 Å². The summed E-state index contributed by atoms with van der Waals surface area (Å²) < 4.78 is 2.56. The molecule has 1 N–H and O–H groups in total. The van der Waals surface area contributed by atoms with Gasteiger partial charge in [-0.15, -0.1) is 5.10 Å². The number of hydrogen-bond acceptors (Lipinski definition) is 3. The molecule has 62 valence electrons. The third-order valence-electron chi connectivity index (χ3n) is 1.67. The van der Waals surface area contributed by atoms with Crippen molar-refractivity contribution in [3.8, 4) is 0 Å². The van der Waals surface area contributed by atoms with Crippen LogP contribution in [0.15, 0.2) is 4.60 Å². The molecule has 1 atom stereocenters. The standard InChI is InChI=1S/C6H11BrN4/c1-4(8-2)5-6(7)9-10-11(5)3/h4,8H,1-3H3. The van der Waals surface area contributed by atoms with Crippen molar-refractivity contribution in [3.63, 3.8) is 0 Å². The SMILES string of the molecule is CNC(C)c1c(Br)nnn1C. The Bertz CT molecular complexity index is 225. The summed E-state index contributed by atoms with van der Waals surface area (Å²) in [5, 5.41) is 10.9. The Morgan fingerprint density at radius 3 is 2.64 bits per heavy atom. The van der Waals surface area contributed by atoms with Gasteiger partial charge in [-0.2, -0.15) is 0 Å². The summed E-state index contributed by atoms with van der Waals surface area (Å²) in [6.45, 7) is 2.06. The topological polar surface area (TPSA) is 42.7 Å². The smallest absolute Gasteiger partial charge is 0.153 e. The molecule has 0 aliphatic heterocycles. The van der Waals surface area contributed by atoms with Crippen LogP contribution in [0.25, 0.3) is 0 Å². The van der Waals surface area contributed by atoms with Crippen LogP contribution in [-0.4, -0.2) is 22.0 Å². The Balaban J connectivity index is 3.00. The third kappa shape index (κ3) is 1.59. The molecule has 1 aromatic rings. The van der Waals surface area contributed by atoms with Gasteiger partial charge in [-0.25, -0.2) is 4.68 Å². The fourth-order valence-electron chi connectivity index (χ4n) is 0.935. The maximum Gasteiger partial charge on any atom is 0.153 e. The first-order valence-corrected chi connectivity index (χ1v) is 4.18. The fourth-order valence-corrected chi connectivity index (χ4v) is 1.61. The van der Waals surface area contributed by atoms with Crippen LogP contribution in [-0.2, 0) is 7.05 Å². The lowest BCUT2D eigenvalue weighted by molar-refractivity contribution is 0.572. The minimum Gasteiger partial charge on any atom is -0.312 e. The third-order valence-corrected chi connectivity index (χ3v) is 2.23. The minimum atomic E-state index is 0.268. The zero-order chi connectivity index (χ0) is 8.43. The summed E-state index contributed by atoms with van der Waals surface area (Å²) in [4.78, 5) is 0. The molecule has 11 heavy (non-hydrogen) atoms. The van der Waals surface area contributed by atoms with Gasteiger partial charge in [0.15, 0.2) is 4.60 Å². The molecule has 0 aromatic carbocycles. The molecule has 1 aromatic heterocycles. The van der Waals surface area contributed by atoms with E-state index < -0.39 is 0 Å². The van der Waals surface area contributed by atoms with Gasteiger partial charge in [0.05, 0.1) is 5.69 Å². The molecule has 0 aliphatic rings. The highest BCUT2D eigenvalue weighted by Gasteiger charge is 2.12. The second-order valence-corrected chi connectivity index (χ2v) is 3.15. The molecule has 1 rings (SSSR count). The van der Waals surface area contributed by atoms with Crippen LogP contribution in [0, 0.1) is 0 Å². The maximum atomic E-state index is 3.87. The Kier molecular flexibility index (Phi) is 2.62. The molecular formula is C6H11BrN4. The Morgan fingerprint density at radius 1 is 1.64 bits per heavy atom. The van der Waals surface area contributed by atoms with Crippen molar-refractivity contribution in [2.24, 2.45) is 7.05 Å². The molecule has 1 unspecified atom stereocenters. The lowest BCUT2D eigenvalue weighted by Crippen LogP contribution is -2.16. The minimum absolute atomic E-state index is 0.268. The van der Waals surface area contributed by atoms with Crippen LogP contribution in [0.1, 0.15) is 18.7 Å². The zero-order valence-corrected chi connectivity index (χ0v) is 8.38. The number of hydrogen-bond donors (Lipinski definition) is 1. The van der Waals surface area contributed by atoms with E-state index in [1.54, 1.807) is 4.68 Å². The van der Waals surface area contributed by atoms with Gasteiger partial charge in [0.1, 0.15) is 0 Å². The monoisotopic (exact) mass is 218 g/mol. The lowest BCUT2D eigenvalue weighted by Gasteiger charge is -2.09. The normalized spacial score (nSPS) is 13.5. The number of nitrogens with zero attached hydrogens (tertiary/aromatic N) is 3. The predicted octanol–water partition coefficient (Wildman–Crippen LogP) is 0.858. The van der Waals surface area contributed by atoms with E-state index in [1.165, 1.54) is 0 Å². The highest BCUT2D eigenvalue weighted by atomic mass is 79.9. The maximum absolute atomic E-state index is 3.87. The molecular weight excluding hydrogens is 208 g/mol. The van der Waals surface area contributed by atoms with Gasteiger partial charge in [0, 0.05) is 13.1 Å². The van der Waals surface area contributed by atoms with Crippen molar-refractivity contribution >= 4 is 15.9 Å². The van der Waals surface area contributed by atoms with Gasteiger partial charge in [0.2, 0.25) is 0 Å². The van der Waals surface area contributed by atoms with Gasteiger partial charge in [-0.1, -0.05) is 5.21 Å². The summed E-state index contributed by atoms with van der Waals surface area (Å²) >= 11 is 3.32. The second kappa shape index (κ2) is 3.32. The number of aryl methyl sites for hydroxylation is 1. The Labute approximate surface area is 74.1 Å². The van der Waals surface area contributed by atoms with Crippen molar-refractivity contribution in [2.45, 2.75) is 13.0 Å². The Morgan fingerprint density at radius 2 is 2.27 bits per heavy atom. The van der Waals surface area contributed by atoms with Crippen LogP contribution >= 0.6 is 15.9 Å². The van der Waals surface area contributed by atoms with Gasteiger partial charge in [-0.05, 0) is 29.9 Å². The quantitative estimate of drug-likeness (QED) is 0.802. The Hall–Kier alpha value is -0.420. The number of nitrogens with one attached hydrogen (secondary N) is 1. The first-order chi connectivity index (χ1) is 5.16. The van der Waals surface area contributed by atoms with E-state index >= 15 is 0 Å². The molecule has 0 saturated heterocycles. The van der Waals surface area contributed by atoms with E-state index in [1.807, 2.05) is 14.1 Å². The molecule has 0 spiro atoms. The highest BCUT2D eigenvalue weighted by molar-refractivity contribution is 9.10. The molecule has 1 heterocycles. The molecule has 0 bridgehead atoms. The second-order valence-electron chi connectivity index (χ2n) is 2.40. The first-order valence-electron chi connectivity index (χ1n) is 3.39. The number of halogens is 1. The van der Waals surface area contributed by atoms with Gasteiger partial charge in [0.25, 0.3) is 0 Å². The van der Waals surface area contributed by atoms with Crippen LogP contribution in [0.3, 0.4) is 0 Å². The lowest BCUT2D eigenvalue weighted by atomic mass is 10.2. The highest BCUT2D eigenvalue weighted by Crippen LogP contribution is 2.18. The molecule has 0 saturated carbocycles. The fraction of sp³-hybridized carbons (Fsp3) is 0.667. The molecule has 4 nitrogen and oxygen atoms in total. The van der Waals surface area contributed by atoms with E-state index in [9.17, 15) is 0 Å². The van der Waals surface area contributed by atoms with Gasteiger partial charge >= 0.3 is 0 Å². The van der Waals surface area contributed by atoms with Crippen molar-refractivity contribution in [1.29, 1.82) is 0 Å². The summed E-state index contributed by atoms with van der Waals surface area (Å²) in [6, 6.07) is 0.268. The van der Waals surface area contributed by atoms with E-state index in [0.717, 1.165) is 10.3 Å². The molecule has 0 fully saturated rings. The number of rotatable bonds is 2. The molecule has 5 heteroatoms. The molecule has 0 amide bonds. The van der Waals surface area contributed by atoms with Crippen molar-refractivity contribution < 1.29 is 0 Å². The first kappa shape index (κ1) is 8.67. The van der Waals surface area contributed by atoms with Gasteiger partial charge in [-0.3, -0.25) is 0 Å². The molecule has 0 aliphatic carbocycles. The zero-order valence-electron chi connectivity index (χ0n) is 6.80. The van der Waals surface area contributed by atoms with Crippen molar-refractivity contribution in [3.05, 3.63) is 10.3 Å². The van der Waals surface area contributed by atoms with Crippen LogP contribution < -0.4 is 5.32 Å². The van der Waals surface area contributed by atoms with Crippen LogP contribution in [0.2, 0.25) is 0 Å². The largest absolute Gasteiger partial charge is 0.312 e. The van der Waals surface area contributed by atoms with E-state index in [2.05, 4.69) is 38.5 Å². The average molecular weight is 219 g/mol. The van der Waals surface area contributed by atoms with Crippen LogP contribution in [0.5, 0.6) is 0 Å². The average Bonchev–Trinajstić information content (AvgIpc) is 2.30. The summed E-state index contributed by atoms with van der Waals surface area (Å²) in [7, 11) is 3.78. The summed E-state index contributed by atoms with van der Waals surface area (Å²) in [5.41, 5.74) is 1.06. The van der Waals surface area contributed by atoms with E-state index in [4.69, 9.17) is 0 Å². The molecule has 0 radical (unpaired) electrons. The van der Waals surface area contributed by atoms with Crippen molar-refractivity contribution in [2.75, 3.05) is 7.05 Å². The number of aromatic nitrogens is 3. The van der Waals surface area contributed by atoms with Crippen molar-refractivity contribution in [1.82, 2.24) is 20.3 Å². The summed E-state index contributed by atoms with van der Waals surface area (Å²) in [6.07, 6.45) is 0.